The molecule has 1 amide bonds. The van der Waals surface area contributed by atoms with E-state index in [9.17, 15) is 4.79 Å². The number of carbonyl (C=O) groups excluding carboxylic acids is 1. The van der Waals surface area contributed by atoms with E-state index >= 15 is 0 Å². The molecule has 0 saturated heterocycles. The molecule has 2 saturated carbocycles. The van der Waals surface area contributed by atoms with Gasteiger partial charge in [0.25, 0.3) is 0 Å². The molecule has 2 bridgehead atoms. The molecule has 1 aromatic carbocycles. The molecule has 2 aliphatic carbocycles. The first-order valence-corrected chi connectivity index (χ1v) is 8.38. The van der Waals surface area contributed by atoms with Crippen LogP contribution in [-0.4, -0.2) is 12.5 Å². The van der Waals surface area contributed by atoms with Crippen LogP contribution in [0.4, 0.5) is 0 Å². The van der Waals surface area contributed by atoms with Crippen molar-refractivity contribution in [3.8, 4) is 0 Å². The fourth-order valence-corrected chi connectivity index (χ4v) is 4.66. The van der Waals surface area contributed by atoms with Crippen molar-refractivity contribution in [1.82, 2.24) is 5.48 Å². The maximum absolute atomic E-state index is 11.9. The first-order valence-electron chi connectivity index (χ1n) is 8.38. The molecule has 1 aromatic rings. The zero-order chi connectivity index (χ0) is 15.8. The van der Waals surface area contributed by atoms with Crippen molar-refractivity contribution >= 4 is 5.91 Å². The summed E-state index contributed by atoms with van der Waals surface area (Å²) in [5.41, 5.74) is 4.38. The predicted molar refractivity (Wildman–Crippen MR) is 87.0 cm³/mol. The van der Waals surface area contributed by atoms with Crippen LogP contribution in [0.5, 0.6) is 0 Å². The molecule has 3 rings (SSSR count). The van der Waals surface area contributed by atoms with Crippen LogP contribution in [0.2, 0.25) is 0 Å². The van der Waals surface area contributed by atoms with Crippen molar-refractivity contribution in [2.75, 3.05) is 6.61 Å². The molecule has 1 N–H and O–H groups in total. The molecule has 120 valence electrons. The topological polar surface area (TPSA) is 38.3 Å². The summed E-state index contributed by atoms with van der Waals surface area (Å²) in [7, 11) is 0. The average Bonchev–Trinajstić information content (AvgIpc) is 2.81. The van der Waals surface area contributed by atoms with Gasteiger partial charge in [-0.05, 0) is 47.5 Å². The van der Waals surface area contributed by atoms with E-state index in [2.05, 4.69) is 26.3 Å². The lowest BCUT2D eigenvalue weighted by Crippen LogP contribution is -2.36. The van der Waals surface area contributed by atoms with Gasteiger partial charge in [0.1, 0.15) is 0 Å². The van der Waals surface area contributed by atoms with E-state index in [1.165, 1.54) is 19.3 Å². The summed E-state index contributed by atoms with van der Waals surface area (Å²) >= 11 is 0. The van der Waals surface area contributed by atoms with Crippen LogP contribution in [0.3, 0.4) is 0 Å². The maximum Gasteiger partial charge on any atom is 0.247 e. The molecule has 3 atom stereocenters. The van der Waals surface area contributed by atoms with E-state index in [0.29, 0.717) is 29.8 Å². The van der Waals surface area contributed by atoms with E-state index < -0.39 is 0 Å². The van der Waals surface area contributed by atoms with Gasteiger partial charge >= 0.3 is 0 Å². The zero-order valence-corrected chi connectivity index (χ0v) is 13.9. The second kappa shape index (κ2) is 5.69. The van der Waals surface area contributed by atoms with Gasteiger partial charge < -0.3 is 0 Å². The second-order valence-electron chi connectivity index (χ2n) is 7.81. The van der Waals surface area contributed by atoms with Crippen LogP contribution in [0.1, 0.15) is 45.6 Å². The largest absolute Gasteiger partial charge is 0.273 e. The third-order valence-corrected chi connectivity index (χ3v) is 6.65. The Morgan fingerprint density at radius 2 is 2.00 bits per heavy atom. The van der Waals surface area contributed by atoms with Gasteiger partial charge in [0.05, 0.1) is 13.0 Å². The fourth-order valence-electron chi connectivity index (χ4n) is 4.66. The van der Waals surface area contributed by atoms with Crippen LogP contribution in [0, 0.1) is 22.7 Å². The summed E-state index contributed by atoms with van der Waals surface area (Å²) in [4.78, 5) is 17.5. The van der Waals surface area contributed by atoms with Crippen LogP contribution < -0.4 is 5.48 Å². The highest BCUT2D eigenvalue weighted by atomic mass is 16.6. The molecule has 0 aromatic heterocycles. The fraction of sp³-hybridized carbons (Fsp3) is 0.632. The van der Waals surface area contributed by atoms with E-state index in [1.54, 1.807) is 0 Å². The molecule has 0 heterocycles. The highest BCUT2D eigenvalue weighted by molar-refractivity contribution is 5.77. The number of rotatable bonds is 5. The molecule has 3 heteroatoms. The lowest BCUT2D eigenvalue weighted by atomic mass is 9.67. The number of benzene rings is 1. The quantitative estimate of drug-likeness (QED) is 0.841. The van der Waals surface area contributed by atoms with Crippen molar-refractivity contribution < 1.29 is 9.63 Å². The first kappa shape index (κ1) is 15.5. The molecule has 2 unspecified atom stereocenters. The van der Waals surface area contributed by atoms with Crippen LogP contribution in [0.25, 0.3) is 0 Å². The zero-order valence-electron chi connectivity index (χ0n) is 13.9. The Balaban J connectivity index is 1.47. The summed E-state index contributed by atoms with van der Waals surface area (Å²) in [6.07, 6.45) is 4.24. The lowest BCUT2D eigenvalue weighted by Gasteiger charge is -2.39. The normalized spacial score (nSPS) is 32.1. The van der Waals surface area contributed by atoms with E-state index in [4.69, 9.17) is 4.84 Å². The highest BCUT2D eigenvalue weighted by Crippen LogP contribution is 2.67. The standard InChI is InChI=1S/C19H27NO2/c1-18(2)15-9-10-19(18,3)16(12-15)13-22-20-17(21)11-14-7-5-4-6-8-14/h4-8,15-16H,9-13H2,1-3H3,(H,20,21)/t15?,16-,19?/m1/s1. The number of fused-ring (bicyclic) bond motifs is 2. The lowest BCUT2D eigenvalue weighted by molar-refractivity contribution is -0.135. The number of amides is 1. The number of hydrogen-bond acceptors (Lipinski definition) is 2. The minimum absolute atomic E-state index is 0.0706. The van der Waals surface area contributed by atoms with Crippen molar-refractivity contribution in [2.24, 2.45) is 22.7 Å². The summed E-state index contributed by atoms with van der Waals surface area (Å²) < 4.78 is 0. The third kappa shape index (κ3) is 2.56. The van der Waals surface area contributed by atoms with Crippen LogP contribution in [0.15, 0.2) is 30.3 Å². The smallest absolute Gasteiger partial charge is 0.247 e. The molecular weight excluding hydrogens is 274 g/mol. The number of hydrogen-bond donors (Lipinski definition) is 1. The molecule has 2 aliphatic rings. The Kier molecular flexibility index (Phi) is 4.02. The van der Waals surface area contributed by atoms with Crippen LogP contribution >= 0.6 is 0 Å². The molecule has 0 radical (unpaired) electrons. The van der Waals surface area contributed by atoms with Gasteiger partial charge in [-0.15, -0.1) is 0 Å². The summed E-state index contributed by atoms with van der Waals surface area (Å²) in [5.74, 6) is 1.29. The van der Waals surface area contributed by atoms with Gasteiger partial charge in [0.2, 0.25) is 5.91 Å². The number of carbonyl (C=O) groups is 1. The molecule has 0 spiro atoms. The minimum Gasteiger partial charge on any atom is -0.273 e. The third-order valence-electron chi connectivity index (χ3n) is 6.65. The molecule has 3 nitrogen and oxygen atoms in total. The van der Waals surface area contributed by atoms with E-state index in [0.717, 1.165) is 11.5 Å². The van der Waals surface area contributed by atoms with Gasteiger partial charge in [-0.25, -0.2) is 5.48 Å². The van der Waals surface area contributed by atoms with Gasteiger partial charge in [0.15, 0.2) is 0 Å². The summed E-state index contributed by atoms with van der Waals surface area (Å²) in [5, 5.41) is 0. The van der Waals surface area contributed by atoms with Crippen molar-refractivity contribution in [3.63, 3.8) is 0 Å². The SMILES string of the molecule is CC1(C)C2CCC1(C)[C@@H](CONC(=O)Cc1ccccc1)C2. The van der Waals surface area contributed by atoms with Crippen molar-refractivity contribution in [3.05, 3.63) is 35.9 Å². The number of nitrogens with one attached hydrogen (secondary N) is 1. The molecular formula is C19H27NO2. The average molecular weight is 301 g/mol. The molecule has 2 fully saturated rings. The van der Waals surface area contributed by atoms with Crippen molar-refractivity contribution in [2.45, 2.75) is 46.5 Å². The van der Waals surface area contributed by atoms with E-state index in [1.807, 2.05) is 30.3 Å². The van der Waals surface area contributed by atoms with E-state index in [-0.39, 0.29) is 5.91 Å². The predicted octanol–water partition coefficient (Wildman–Crippen LogP) is 3.74. The molecule has 22 heavy (non-hydrogen) atoms. The van der Waals surface area contributed by atoms with Crippen molar-refractivity contribution in [1.29, 1.82) is 0 Å². The highest BCUT2D eigenvalue weighted by Gasteiger charge is 2.61. The monoisotopic (exact) mass is 301 g/mol. The maximum atomic E-state index is 11.9. The molecule has 0 aliphatic heterocycles. The van der Waals surface area contributed by atoms with Gasteiger partial charge in [-0.2, -0.15) is 0 Å². The summed E-state index contributed by atoms with van der Waals surface area (Å²) in [6.45, 7) is 7.84. The summed E-state index contributed by atoms with van der Waals surface area (Å²) in [6, 6.07) is 9.76. The van der Waals surface area contributed by atoms with Crippen LogP contribution in [-0.2, 0) is 16.1 Å². The Morgan fingerprint density at radius 1 is 1.27 bits per heavy atom. The Hall–Kier alpha value is -1.35. The van der Waals surface area contributed by atoms with Gasteiger partial charge in [-0.1, -0.05) is 51.1 Å². The Bertz CT molecular complexity index is 540. The Labute approximate surface area is 133 Å². The van der Waals surface area contributed by atoms with Gasteiger partial charge in [0, 0.05) is 0 Å². The van der Waals surface area contributed by atoms with Gasteiger partial charge in [-0.3, -0.25) is 9.63 Å². The number of hydroxylamine groups is 1. The minimum atomic E-state index is -0.0706. The Morgan fingerprint density at radius 3 is 2.59 bits per heavy atom. The first-order chi connectivity index (χ1) is 10.4. The second-order valence-corrected chi connectivity index (χ2v) is 7.81.